The van der Waals surface area contributed by atoms with Crippen molar-refractivity contribution >= 4 is 11.8 Å². The summed E-state index contributed by atoms with van der Waals surface area (Å²) in [6, 6.07) is 0.700. The maximum absolute atomic E-state index is 3.81. The molecule has 0 aliphatic heterocycles. The quantitative estimate of drug-likeness (QED) is 0.754. The summed E-state index contributed by atoms with van der Waals surface area (Å²) in [6.45, 7) is 8.16. The number of hydrogen-bond acceptors (Lipinski definition) is 2. The first-order chi connectivity index (χ1) is 7.63. The van der Waals surface area contributed by atoms with Gasteiger partial charge in [-0.05, 0) is 31.4 Å². The maximum atomic E-state index is 3.81. The Morgan fingerprint density at radius 2 is 1.81 bits per heavy atom. The number of thioether (sulfide) groups is 1. The molecule has 1 fully saturated rings. The second kappa shape index (κ2) is 6.90. The van der Waals surface area contributed by atoms with Crippen LogP contribution in [0.5, 0.6) is 0 Å². The SMILES string of the molecule is CCC(NCC1(SC)CCCCC1)C(C)C. The Hall–Kier alpha value is 0.310. The summed E-state index contributed by atoms with van der Waals surface area (Å²) < 4.78 is 0.542. The van der Waals surface area contributed by atoms with E-state index in [0.29, 0.717) is 10.8 Å². The molecule has 2 heteroatoms. The summed E-state index contributed by atoms with van der Waals surface area (Å²) in [5.74, 6) is 0.757. The van der Waals surface area contributed by atoms with Crippen LogP contribution in [0.1, 0.15) is 59.3 Å². The van der Waals surface area contributed by atoms with Gasteiger partial charge in [-0.3, -0.25) is 0 Å². The summed E-state index contributed by atoms with van der Waals surface area (Å²) in [4.78, 5) is 0. The molecule has 0 bridgehead atoms. The fraction of sp³-hybridized carbons (Fsp3) is 1.00. The smallest absolute Gasteiger partial charge is 0.0281 e. The molecule has 0 aromatic heterocycles. The number of rotatable bonds is 6. The van der Waals surface area contributed by atoms with Crippen LogP contribution in [-0.2, 0) is 0 Å². The van der Waals surface area contributed by atoms with Gasteiger partial charge in [-0.25, -0.2) is 0 Å². The minimum atomic E-state index is 0.542. The van der Waals surface area contributed by atoms with Gasteiger partial charge in [0.1, 0.15) is 0 Å². The monoisotopic (exact) mass is 243 g/mol. The van der Waals surface area contributed by atoms with Gasteiger partial charge in [-0.2, -0.15) is 11.8 Å². The lowest BCUT2D eigenvalue weighted by Crippen LogP contribution is -2.45. The highest BCUT2D eigenvalue weighted by Gasteiger charge is 2.31. The summed E-state index contributed by atoms with van der Waals surface area (Å²) >= 11 is 2.09. The van der Waals surface area contributed by atoms with E-state index >= 15 is 0 Å². The van der Waals surface area contributed by atoms with Gasteiger partial charge in [0.15, 0.2) is 0 Å². The molecule has 1 saturated carbocycles. The van der Waals surface area contributed by atoms with E-state index < -0.39 is 0 Å². The lowest BCUT2D eigenvalue weighted by atomic mass is 9.87. The normalized spacial score (nSPS) is 22.3. The molecule has 16 heavy (non-hydrogen) atoms. The van der Waals surface area contributed by atoms with E-state index in [-0.39, 0.29) is 0 Å². The van der Waals surface area contributed by atoms with Crippen molar-refractivity contribution in [2.75, 3.05) is 12.8 Å². The lowest BCUT2D eigenvalue weighted by Gasteiger charge is -2.37. The molecule has 1 atom stereocenters. The zero-order chi connectivity index (χ0) is 12.0. The van der Waals surface area contributed by atoms with Gasteiger partial charge in [0.25, 0.3) is 0 Å². The molecule has 0 saturated heterocycles. The zero-order valence-corrected chi connectivity index (χ0v) is 12.3. The molecule has 0 aromatic carbocycles. The van der Waals surface area contributed by atoms with E-state index in [2.05, 4.69) is 44.1 Å². The molecule has 0 radical (unpaired) electrons. The minimum absolute atomic E-state index is 0.542. The fourth-order valence-corrected chi connectivity index (χ4v) is 3.74. The van der Waals surface area contributed by atoms with Gasteiger partial charge < -0.3 is 5.32 Å². The summed E-state index contributed by atoms with van der Waals surface area (Å²) in [6.07, 6.45) is 10.7. The molecular formula is C14H29NS. The molecular weight excluding hydrogens is 214 g/mol. The Balaban J connectivity index is 2.43. The zero-order valence-electron chi connectivity index (χ0n) is 11.5. The predicted octanol–water partition coefficient (Wildman–Crippen LogP) is 4.08. The molecule has 1 nitrogen and oxygen atoms in total. The van der Waals surface area contributed by atoms with E-state index in [1.165, 1.54) is 45.1 Å². The van der Waals surface area contributed by atoms with Crippen molar-refractivity contribution in [3.8, 4) is 0 Å². The molecule has 96 valence electrons. The second-order valence-electron chi connectivity index (χ2n) is 5.59. The van der Waals surface area contributed by atoms with Crippen LogP contribution in [0.4, 0.5) is 0 Å². The molecule has 1 N–H and O–H groups in total. The molecule has 0 spiro atoms. The van der Waals surface area contributed by atoms with Crippen LogP contribution in [0.2, 0.25) is 0 Å². The maximum Gasteiger partial charge on any atom is 0.0281 e. The van der Waals surface area contributed by atoms with Gasteiger partial charge in [-0.1, -0.05) is 40.0 Å². The van der Waals surface area contributed by atoms with Crippen LogP contribution >= 0.6 is 11.8 Å². The van der Waals surface area contributed by atoms with Gasteiger partial charge in [0.2, 0.25) is 0 Å². The van der Waals surface area contributed by atoms with Gasteiger partial charge in [0, 0.05) is 17.3 Å². The predicted molar refractivity (Wildman–Crippen MR) is 76.3 cm³/mol. The third-order valence-corrected chi connectivity index (χ3v) is 5.55. The minimum Gasteiger partial charge on any atom is -0.312 e. The van der Waals surface area contributed by atoms with E-state index in [4.69, 9.17) is 0 Å². The van der Waals surface area contributed by atoms with E-state index in [1.807, 2.05) is 0 Å². The van der Waals surface area contributed by atoms with Crippen molar-refractivity contribution in [3.05, 3.63) is 0 Å². The summed E-state index contributed by atoms with van der Waals surface area (Å²) in [7, 11) is 0. The third kappa shape index (κ3) is 3.96. The highest BCUT2D eigenvalue weighted by Crippen LogP contribution is 2.38. The van der Waals surface area contributed by atoms with Crippen molar-refractivity contribution in [2.45, 2.75) is 70.1 Å². The van der Waals surface area contributed by atoms with Gasteiger partial charge in [0.05, 0.1) is 0 Å². The van der Waals surface area contributed by atoms with Crippen LogP contribution < -0.4 is 5.32 Å². The Bertz CT molecular complexity index is 185. The van der Waals surface area contributed by atoms with Crippen molar-refractivity contribution in [2.24, 2.45) is 5.92 Å². The Labute approximate surface area is 106 Å². The average Bonchev–Trinajstić information content (AvgIpc) is 2.30. The first-order valence-electron chi connectivity index (χ1n) is 6.92. The third-order valence-electron chi connectivity index (χ3n) is 4.13. The Morgan fingerprint density at radius 1 is 1.19 bits per heavy atom. The van der Waals surface area contributed by atoms with Gasteiger partial charge >= 0.3 is 0 Å². The average molecular weight is 243 g/mol. The largest absolute Gasteiger partial charge is 0.312 e. The second-order valence-corrected chi connectivity index (χ2v) is 6.86. The number of hydrogen-bond donors (Lipinski definition) is 1. The first kappa shape index (κ1) is 14.4. The van der Waals surface area contributed by atoms with Crippen molar-refractivity contribution in [1.29, 1.82) is 0 Å². The summed E-state index contributed by atoms with van der Waals surface area (Å²) in [5, 5.41) is 3.81. The van der Waals surface area contributed by atoms with Crippen molar-refractivity contribution in [3.63, 3.8) is 0 Å². The van der Waals surface area contributed by atoms with E-state index in [9.17, 15) is 0 Å². The van der Waals surface area contributed by atoms with E-state index in [0.717, 1.165) is 5.92 Å². The van der Waals surface area contributed by atoms with Gasteiger partial charge in [-0.15, -0.1) is 0 Å². The Morgan fingerprint density at radius 3 is 2.25 bits per heavy atom. The molecule has 1 aliphatic carbocycles. The van der Waals surface area contributed by atoms with E-state index in [1.54, 1.807) is 0 Å². The topological polar surface area (TPSA) is 12.0 Å². The first-order valence-corrected chi connectivity index (χ1v) is 8.14. The highest BCUT2D eigenvalue weighted by molar-refractivity contribution is 8.00. The van der Waals surface area contributed by atoms with Crippen LogP contribution in [0.3, 0.4) is 0 Å². The standard InChI is InChI=1S/C14H29NS/c1-5-13(12(2)3)15-11-14(16-4)9-7-6-8-10-14/h12-13,15H,5-11H2,1-4H3. The van der Waals surface area contributed by atoms with Crippen LogP contribution in [-0.4, -0.2) is 23.6 Å². The van der Waals surface area contributed by atoms with Crippen LogP contribution in [0, 0.1) is 5.92 Å². The lowest BCUT2D eigenvalue weighted by molar-refractivity contribution is 0.326. The van der Waals surface area contributed by atoms with Crippen molar-refractivity contribution in [1.82, 2.24) is 5.32 Å². The number of nitrogens with one attached hydrogen (secondary N) is 1. The molecule has 0 aromatic rings. The molecule has 1 rings (SSSR count). The molecule has 0 heterocycles. The molecule has 0 amide bonds. The molecule has 1 aliphatic rings. The Kier molecular flexibility index (Phi) is 6.20. The molecule has 1 unspecified atom stereocenters. The fourth-order valence-electron chi connectivity index (χ4n) is 2.82. The summed E-state index contributed by atoms with van der Waals surface area (Å²) in [5.41, 5.74) is 0. The highest BCUT2D eigenvalue weighted by atomic mass is 32.2. The van der Waals surface area contributed by atoms with Crippen LogP contribution in [0.25, 0.3) is 0 Å². The van der Waals surface area contributed by atoms with Crippen molar-refractivity contribution < 1.29 is 0 Å². The van der Waals surface area contributed by atoms with Crippen LogP contribution in [0.15, 0.2) is 0 Å².